The van der Waals surface area contributed by atoms with Gasteiger partial charge in [0.1, 0.15) is 0 Å². The first kappa shape index (κ1) is 20.9. The van der Waals surface area contributed by atoms with E-state index in [0.717, 1.165) is 17.3 Å². The molecule has 0 aliphatic rings. The first-order chi connectivity index (χ1) is 15.6. The SMILES string of the molecule is O=C(N/N=C\c1ccc(Sc2n[nH]c(-c3ccccc3)n2)c([N+](=O)[O-])c1)c1ccccc1. The van der Waals surface area contributed by atoms with E-state index in [-0.39, 0.29) is 11.6 Å². The zero-order chi connectivity index (χ0) is 22.3. The monoisotopic (exact) mass is 444 g/mol. The van der Waals surface area contributed by atoms with Crippen LogP contribution in [-0.2, 0) is 0 Å². The lowest BCUT2D eigenvalue weighted by atomic mass is 10.2. The number of hydrazone groups is 1. The lowest BCUT2D eigenvalue weighted by Gasteiger charge is -2.02. The third kappa shape index (κ3) is 5.05. The third-order valence-corrected chi connectivity index (χ3v) is 5.24. The number of amides is 1. The van der Waals surface area contributed by atoms with Gasteiger partial charge in [0.15, 0.2) is 5.82 Å². The molecule has 0 saturated carbocycles. The van der Waals surface area contributed by atoms with Gasteiger partial charge in [0, 0.05) is 22.8 Å². The van der Waals surface area contributed by atoms with Crippen LogP contribution in [-0.4, -0.2) is 32.2 Å². The molecule has 0 aliphatic heterocycles. The molecular weight excluding hydrogens is 428 g/mol. The van der Waals surface area contributed by atoms with E-state index in [1.54, 1.807) is 42.5 Å². The van der Waals surface area contributed by atoms with E-state index in [1.165, 1.54) is 12.3 Å². The Morgan fingerprint density at radius 3 is 2.50 bits per heavy atom. The van der Waals surface area contributed by atoms with Gasteiger partial charge in [-0.05, 0) is 30.0 Å². The summed E-state index contributed by atoms with van der Waals surface area (Å²) in [5.74, 6) is 0.205. The molecule has 0 radical (unpaired) electrons. The van der Waals surface area contributed by atoms with Crippen molar-refractivity contribution in [1.82, 2.24) is 20.6 Å². The number of H-pyrrole nitrogens is 1. The minimum absolute atomic E-state index is 0.112. The van der Waals surface area contributed by atoms with E-state index in [1.807, 2.05) is 30.3 Å². The van der Waals surface area contributed by atoms with Crippen LogP contribution in [0.25, 0.3) is 11.4 Å². The maximum atomic E-state index is 12.0. The number of carbonyl (C=O) groups is 1. The van der Waals surface area contributed by atoms with Gasteiger partial charge in [-0.2, -0.15) is 5.10 Å². The van der Waals surface area contributed by atoms with Crippen molar-refractivity contribution < 1.29 is 9.72 Å². The van der Waals surface area contributed by atoms with Crippen molar-refractivity contribution in [1.29, 1.82) is 0 Å². The first-order valence-electron chi connectivity index (χ1n) is 9.43. The number of nitro groups is 1. The van der Waals surface area contributed by atoms with Crippen molar-refractivity contribution in [3.05, 3.63) is 100 Å². The topological polar surface area (TPSA) is 126 Å². The molecule has 1 heterocycles. The Balaban J connectivity index is 1.48. The van der Waals surface area contributed by atoms with Gasteiger partial charge in [-0.15, -0.1) is 5.10 Å². The molecular formula is C22H16N6O3S. The van der Waals surface area contributed by atoms with E-state index in [2.05, 4.69) is 25.7 Å². The number of nitrogens with one attached hydrogen (secondary N) is 2. The van der Waals surface area contributed by atoms with Crippen LogP contribution in [0.1, 0.15) is 15.9 Å². The highest BCUT2D eigenvalue weighted by molar-refractivity contribution is 7.99. The number of aromatic amines is 1. The Bertz CT molecular complexity index is 1280. The van der Waals surface area contributed by atoms with Crippen LogP contribution >= 0.6 is 11.8 Å². The van der Waals surface area contributed by atoms with Gasteiger partial charge in [-0.3, -0.25) is 20.0 Å². The van der Waals surface area contributed by atoms with Crippen LogP contribution < -0.4 is 5.43 Å². The maximum Gasteiger partial charge on any atom is 0.283 e. The van der Waals surface area contributed by atoms with Crippen LogP contribution in [0.3, 0.4) is 0 Å². The minimum atomic E-state index is -0.479. The van der Waals surface area contributed by atoms with Gasteiger partial charge < -0.3 is 0 Å². The first-order valence-corrected chi connectivity index (χ1v) is 10.2. The molecule has 0 unspecified atom stereocenters. The van der Waals surface area contributed by atoms with E-state index in [4.69, 9.17) is 0 Å². The van der Waals surface area contributed by atoms with Gasteiger partial charge in [0.25, 0.3) is 11.6 Å². The van der Waals surface area contributed by atoms with Crippen molar-refractivity contribution >= 4 is 29.6 Å². The molecule has 3 aromatic carbocycles. The molecule has 0 bridgehead atoms. The molecule has 2 N–H and O–H groups in total. The number of hydrogen-bond acceptors (Lipinski definition) is 7. The summed E-state index contributed by atoms with van der Waals surface area (Å²) in [4.78, 5) is 27.9. The van der Waals surface area contributed by atoms with E-state index < -0.39 is 4.92 Å². The molecule has 0 aliphatic carbocycles. The van der Waals surface area contributed by atoms with Crippen LogP contribution in [0.2, 0.25) is 0 Å². The molecule has 9 nitrogen and oxygen atoms in total. The summed E-state index contributed by atoms with van der Waals surface area (Å²) in [6, 6.07) is 22.7. The van der Waals surface area contributed by atoms with Crippen LogP contribution in [0.5, 0.6) is 0 Å². The molecule has 10 heteroatoms. The van der Waals surface area contributed by atoms with Gasteiger partial charge >= 0.3 is 0 Å². The molecule has 0 fully saturated rings. The molecule has 0 atom stereocenters. The Hall–Kier alpha value is -4.31. The van der Waals surface area contributed by atoms with Crippen molar-refractivity contribution in [2.75, 3.05) is 0 Å². The highest BCUT2D eigenvalue weighted by Crippen LogP contribution is 2.34. The second-order valence-corrected chi connectivity index (χ2v) is 7.49. The second kappa shape index (κ2) is 9.67. The average molecular weight is 444 g/mol. The summed E-state index contributed by atoms with van der Waals surface area (Å²) in [6.07, 6.45) is 1.35. The normalized spacial score (nSPS) is 10.9. The molecule has 4 rings (SSSR count). The summed E-state index contributed by atoms with van der Waals surface area (Å²) >= 11 is 1.08. The number of hydrogen-bond donors (Lipinski definition) is 2. The fourth-order valence-corrected chi connectivity index (χ4v) is 3.58. The number of aromatic nitrogens is 3. The lowest BCUT2D eigenvalue weighted by Crippen LogP contribution is -2.17. The number of rotatable bonds is 7. The number of nitrogens with zero attached hydrogens (tertiary/aromatic N) is 4. The van der Waals surface area contributed by atoms with Crippen LogP contribution in [0, 0.1) is 10.1 Å². The quantitative estimate of drug-likeness (QED) is 0.249. The Labute approximate surface area is 186 Å². The van der Waals surface area contributed by atoms with E-state index >= 15 is 0 Å². The molecule has 0 saturated heterocycles. The molecule has 1 amide bonds. The summed E-state index contributed by atoms with van der Waals surface area (Å²) in [7, 11) is 0. The Morgan fingerprint density at radius 1 is 1.06 bits per heavy atom. The minimum Gasteiger partial charge on any atom is -0.267 e. The molecule has 4 aromatic rings. The average Bonchev–Trinajstić information content (AvgIpc) is 3.29. The largest absolute Gasteiger partial charge is 0.283 e. The fraction of sp³-hybridized carbons (Fsp3) is 0. The Kier molecular flexibility index (Phi) is 6.33. The van der Waals surface area contributed by atoms with E-state index in [9.17, 15) is 14.9 Å². The molecule has 158 valence electrons. The van der Waals surface area contributed by atoms with Gasteiger partial charge in [0.05, 0.1) is 16.0 Å². The van der Waals surface area contributed by atoms with Crippen LogP contribution in [0.15, 0.2) is 94.0 Å². The smallest absolute Gasteiger partial charge is 0.267 e. The molecule has 0 spiro atoms. The van der Waals surface area contributed by atoms with Gasteiger partial charge in [-0.25, -0.2) is 10.4 Å². The predicted molar refractivity (Wildman–Crippen MR) is 121 cm³/mol. The highest BCUT2D eigenvalue weighted by atomic mass is 32.2. The second-order valence-electron chi connectivity index (χ2n) is 6.48. The fourth-order valence-electron chi connectivity index (χ4n) is 2.78. The number of nitro benzene ring substituents is 1. The summed E-state index contributed by atoms with van der Waals surface area (Å²) in [6.45, 7) is 0. The predicted octanol–water partition coefficient (Wildman–Crippen LogP) is 4.30. The van der Waals surface area contributed by atoms with Crippen molar-refractivity contribution in [3.63, 3.8) is 0 Å². The summed E-state index contributed by atoms with van der Waals surface area (Å²) < 4.78 is 0. The van der Waals surface area contributed by atoms with E-state index in [0.29, 0.717) is 27.0 Å². The van der Waals surface area contributed by atoms with Gasteiger partial charge in [-0.1, -0.05) is 54.6 Å². The lowest BCUT2D eigenvalue weighted by molar-refractivity contribution is -0.387. The maximum absolute atomic E-state index is 12.0. The summed E-state index contributed by atoms with van der Waals surface area (Å²) in [5, 5.41) is 22.8. The number of carbonyl (C=O) groups excluding carboxylic acids is 1. The number of benzene rings is 3. The van der Waals surface area contributed by atoms with Crippen molar-refractivity contribution in [2.24, 2.45) is 5.10 Å². The summed E-state index contributed by atoms with van der Waals surface area (Å²) in [5.41, 5.74) is 4.08. The zero-order valence-corrected chi connectivity index (χ0v) is 17.3. The van der Waals surface area contributed by atoms with Crippen LogP contribution in [0.4, 0.5) is 5.69 Å². The van der Waals surface area contributed by atoms with Crippen molar-refractivity contribution in [2.45, 2.75) is 10.1 Å². The van der Waals surface area contributed by atoms with Gasteiger partial charge in [0.2, 0.25) is 5.16 Å². The standard InChI is InChI=1S/C22H16N6O3S/c29-21(17-9-5-2-6-10-17)26-23-14-15-11-12-19(18(13-15)28(30)31)32-22-24-20(25-27-22)16-7-3-1-4-8-16/h1-14H,(H,26,29)(H,24,25,27)/b23-14-. The highest BCUT2D eigenvalue weighted by Gasteiger charge is 2.18. The molecule has 1 aromatic heterocycles. The zero-order valence-electron chi connectivity index (χ0n) is 16.5. The third-order valence-electron chi connectivity index (χ3n) is 4.31. The molecule has 32 heavy (non-hydrogen) atoms. The Morgan fingerprint density at radius 2 is 1.78 bits per heavy atom. The van der Waals surface area contributed by atoms with Crippen molar-refractivity contribution in [3.8, 4) is 11.4 Å².